The van der Waals surface area contributed by atoms with Crippen LogP contribution in [0.25, 0.3) is 0 Å². The molecule has 1 aromatic rings. The summed E-state index contributed by atoms with van der Waals surface area (Å²) in [6.07, 6.45) is 1.54. The van der Waals surface area contributed by atoms with Crippen LogP contribution in [-0.4, -0.2) is 35.9 Å². The third-order valence-electron chi connectivity index (χ3n) is 2.45. The minimum Gasteiger partial charge on any atom is -0.339 e. The monoisotopic (exact) mass is 256 g/mol. The molecule has 19 heavy (non-hydrogen) atoms. The van der Waals surface area contributed by atoms with E-state index in [4.69, 9.17) is 11.0 Å². The molecule has 5 nitrogen and oxygen atoms in total. The highest BCUT2D eigenvalue weighted by molar-refractivity contribution is 5.94. The second kappa shape index (κ2) is 7.15. The fraction of sp³-hybridized carbons (Fsp3) is 0.357. The van der Waals surface area contributed by atoms with E-state index in [0.29, 0.717) is 12.1 Å². The van der Waals surface area contributed by atoms with Crippen molar-refractivity contribution in [3.05, 3.63) is 29.6 Å². The van der Waals surface area contributed by atoms with Gasteiger partial charge in [-0.2, -0.15) is 5.26 Å². The molecule has 0 spiro atoms. The Morgan fingerprint density at radius 1 is 1.63 bits per heavy atom. The second-order valence-corrected chi connectivity index (χ2v) is 4.12. The van der Waals surface area contributed by atoms with E-state index in [0.717, 1.165) is 0 Å². The Hall–Kier alpha value is -2.37. The van der Waals surface area contributed by atoms with E-state index in [1.807, 2.05) is 0 Å². The summed E-state index contributed by atoms with van der Waals surface area (Å²) >= 11 is 0. The van der Waals surface area contributed by atoms with Crippen LogP contribution >= 0.6 is 0 Å². The fourth-order valence-electron chi connectivity index (χ4n) is 1.54. The summed E-state index contributed by atoms with van der Waals surface area (Å²) in [5, 5.41) is 8.77. The molecule has 1 amide bonds. The summed E-state index contributed by atoms with van der Waals surface area (Å²) in [4.78, 5) is 17.8. The molecule has 1 rings (SSSR count). The number of carbonyl (C=O) groups is 1. The quantitative estimate of drug-likeness (QED) is 0.804. The highest BCUT2D eigenvalue weighted by atomic mass is 16.2. The zero-order valence-electron chi connectivity index (χ0n) is 11.1. The molecule has 5 heteroatoms. The molecule has 0 saturated heterocycles. The third kappa shape index (κ3) is 4.09. The van der Waals surface area contributed by atoms with Gasteiger partial charge in [0.05, 0.1) is 24.1 Å². The first-order chi connectivity index (χ1) is 9.10. The summed E-state index contributed by atoms with van der Waals surface area (Å²) in [6, 6.07) is 5.54. The van der Waals surface area contributed by atoms with Crippen LogP contribution in [0, 0.1) is 29.1 Å². The highest BCUT2D eigenvalue weighted by Crippen LogP contribution is 2.08. The van der Waals surface area contributed by atoms with Gasteiger partial charge in [0.2, 0.25) is 0 Å². The van der Waals surface area contributed by atoms with Crippen LogP contribution in [-0.2, 0) is 0 Å². The first-order valence-corrected chi connectivity index (χ1v) is 5.89. The van der Waals surface area contributed by atoms with E-state index >= 15 is 0 Å². The van der Waals surface area contributed by atoms with Gasteiger partial charge in [-0.1, -0.05) is 11.8 Å². The number of carbonyl (C=O) groups excluding carboxylic acids is 1. The van der Waals surface area contributed by atoms with Crippen LogP contribution in [0.5, 0.6) is 0 Å². The zero-order valence-corrected chi connectivity index (χ0v) is 11.1. The fourth-order valence-corrected chi connectivity index (χ4v) is 1.54. The molecule has 1 atom stereocenters. The van der Waals surface area contributed by atoms with Gasteiger partial charge < -0.3 is 10.6 Å². The molecule has 0 aliphatic heterocycles. The Kier molecular flexibility index (Phi) is 5.53. The Morgan fingerprint density at radius 2 is 2.37 bits per heavy atom. The van der Waals surface area contributed by atoms with Crippen molar-refractivity contribution in [2.24, 2.45) is 11.7 Å². The largest absolute Gasteiger partial charge is 0.339 e. The van der Waals surface area contributed by atoms with Crippen LogP contribution in [0.15, 0.2) is 18.3 Å². The van der Waals surface area contributed by atoms with Gasteiger partial charge in [-0.05, 0) is 19.1 Å². The molecule has 1 heterocycles. The van der Waals surface area contributed by atoms with Crippen LogP contribution in [0.4, 0.5) is 0 Å². The summed E-state index contributed by atoms with van der Waals surface area (Å²) in [6.45, 7) is 2.34. The maximum Gasteiger partial charge on any atom is 0.273 e. The Labute approximate surface area is 113 Å². The minimum atomic E-state index is -0.246. The van der Waals surface area contributed by atoms with Gasteiger partial charge in [0.15, 0.2) is 0 Å². The molecular formula is C14H16N4O. The predicted molar refractivity (Wildman–Crippen MR) is 71.9 cm³/mol. The van der Waals surface area contributed by atoms with Crippen LogP contribution in [0.3, 0.4) is 0 Å². The Morgan fingerprint density at radius 3 is 3.00 bits per heavy atom. The molecule has 98 valence electrons. The van der Waals surface area contributed by atoms with Gasteiger partial charge in [-0.3, -0.25) is 4.79 Å². The number of nitrogens with zero attached hydrogens (tertiary/aromatic N) is 3. The molecule has 0 aliphatic carbocycles. The molecule has 0 aromatic carbocycles. The lowest BCUT2D eigenvalue weighted by Crippen LogP contribution is -2.31. The number of nitrogens with two attached hydrogens (primary N) is 1. The SMILES string of the molecule is CC(C#N)CN(C)C(=O)c1ncccc1C#CCN. The van der Waals surface area contributed by atoms with Crippen molar-refractivity contribution in [1.29, 1.82) is 5.26 Å². The van der Waals surface area contributed by atoms with Crippen molar-refractivity contribution in [3.63, 3.8) is 0 Å². The van der Waals surface area contributed by atoms with Crippen molar-refractivity contribution in [1.82, 2.24) is 9.88 Å². The van der Waals surface area contributed by atoms with Gasteiger partial charge in [-0.15, -0.1) is 0 Å². The van der Waals surface area contributed by atoms with E-state index in [-0.39, 0.29) is 24.1 Å². The molecular weight excluding hydrogens is 240 g/mol. The van der Waals surface area contributed by atoms with Crippen molar-refractivity contribution >= 4 is 5.91 Å². The molecule has 1 unspecified atom stereocenters. The van der Waals surface area contributed by atoms with Crippen molar-refractivity contribution < 1.29 is 4.79 Å². The van der Waals surface area contributed by atoms with E-state index in [1.54, 1.807) is 32.3 Å². The average Bonchev–Trinajstić information content (AvgIpc) is 2.44. The van der Waals surface area contributed by atoms with Gasteiger partial charge in [0.1, 0.15) is 5.69 Å². The molecule has 0 bridgehead atoms. The highest BCUT2D eigenvalue weighted by Gasteiger charge is 2.17. The lowest BCUT2D eigenvalue weighted by molar-refractivity contribution is 0.0779. The normalized spacial score (nSPS) is 10.8. The molecule has 2 N–H and O–H groups in total. The predicted octanol–water partition coefficient (Wildman–Crippen LogP) is 0.623. The maximum atomic E-state index is 12.2. The minimum absolute atomic E-state index is 0.226. The van der Waals surface area contributed by atoms with Crippen LogP contribution in [0.1, 0.15) is 23.0 Å². The van der Waals surface area contributed by atoms with Gasteiger partial charge in [0.25, 0.3) is 5.91 Å². The average molecular weight is 256 g/mol. The van der Waals surface area contributed by atoms with Crippen LogP contribution in [0.2, 0.25) is 0 Å². The molecule has 1 aromatic heterocycles. The summed E-state index contributed by atoms with van der Waals surface area (Å²) in [5.74, 6) is 5.06. The number of rotatable bonds is 3. The Bertz CT molecular complexity index is 551. The van der Waals surface area contributed by atoms with Crippen molar-refractivity contribution in [3.8, 4) is 17.9 Å². The van der Waals surface area contributed by atoms with Crippen molar-refractivity contribution in [2.45, 2.75) is 6.92 Å². The number of hydrogen-bond acceptors (Lipinski definition) is 4. The zero-order chi connectivity index (χ0) is 14.3. The number of nitriles is 1. The first kappa shape index (κ1) is 14.7. The maximum absolute atomic E-state index is 12.2. The van der Waals surface area contributed by atoms with E-state index in [2.05, 4.69) is 22.9 Å². The van der Waals surface area contributed by atoms with E-state index in [9.17, 15) is 4.79 Å². The van der Waals surface area contributed by atoms with E-state index in [1.165, 1.54) is 4.90 Å². The molecule has 0 aliphatic rings. The summed E-state index contributed by atoms with van der Waals surface area (Å²) in [7, 11) is 1.64. The van der Waals surface area contributed by atoms with Gasteiger partial charge in [-0.25, -0.2) is 4.98 Å². The molecule has 0 saturated carbocycles. The molecule has 0 fully saturated rings. The second-order valence-electron chi connectivity index (χ2n) is 4.12. The number of pyridine rings is 1. The van der Waals surface area contributed by atoms with Gasteiger partial charge in [0, 0.05) is 19.8 Å². The van der Waals surface area contributed by atoms with Gasteiger partial charge >= 0.3 is 0 Å². The lowest BCUT2D eigenvalue weighted by atomic mass is 10.1. The summed E-state index contributed by atoms with van der Waals surface area (Å²) < 4.78 is 0. The Balaban J connectivity index is 2.97. The van der Waals surface area contributed by atoms with Crippen molar-refractivity contribution in [2.75, 3.05) is 20.1 Å². The smallest absolute Gasteiger partial charge is 0.273 e. The summed E-state index contributed by atoms with van der Waals surface area (Å²) in [5.41, 5.74) is 6.16. The standard InChI is InChI=1S/C14H16N4O/c1-11(9-16)10-18(2)14(19)13-12(5-3-7-15)6-4-8-17-13/h4,6,8,11H,7,10,15H2,1-2H3. The van der Waals surface area contributed by atoms with E-state index < -0.39 is 0 Å². The lowest BCUT2D eigenvalue weighted by Gasteiger charge is -2.18. The number of hydrogen-bond donors (Lipinski definition) is 1. The van der Waals surface area contributed by atoms with Crippen LogP contribution < -0.4 is 5.73 Å². The topological polar surface area (TPSA) is 83.0 Å². The number of amides is 1. The molecule has 0 radical (unpaired) electrons. The third-order valence-corrected chi connectivity index (χ3v) is 2.45. The number of aromatic nitrogens is 1. The first-order valence-electron chi connectivity index (χ1n) is 5.89.